The lowest BCUT2D eigenvalue weighted by atomic mass is 10.2. The van der Waals surface area contributed by atoms with Gasteiger partial charge in [0, 0.05) is 12.3 Å². The van der Waals surface area contributed by atoms with E-state index in [0.717, 1.165) is 6.07 Å². The number of aromatic nitrogens is 2. The van der Waals surface area contributed by atoms with E-state index in [9.17, 15) is 14.5 Å². The molecule has 0 saturated heterocycles. The number of benzene rings is 1. The zero-order valence-corrected chi connectivity index (χ0v) is 10.5. The van der Waals surface area contributed by atoms with Gasteiger partial charge >= 0.3 is 5.69 Å². The molecule has 0 bridgehead atoms. The van der Waals surface area contributed by atoms with E-state index in [4.69, 9.17) is 4.74 Å². The summed E-state index contributed by atoms with van der Waals surface area (Å²) in [5.74, 6) is -0.751. The van der Waals surface area contributed by atoms with Crippen LogP contribution in [0.5, 0.6) is 5.75 Å². The van der Waals surface area contributed by atoms with Crippen LogP contribution in [-0.4, -0.2) is 22.2 Å². The van der Waals surface area contributed by atoms with Gasteiger partial charge < -0.3 is 10.1 Å². The molecule has 0 amide bonds. The summed E-state index contributed by atoms with van der Waals surface area (Å²) in [6.45, 7) is 0.242. The summed E-state index contributed by atoms with van der Waals surface area (Å²) in [4.78, 5) is 10.0. The lowest BCUT2D eigenvalue weighted by Gasteiger charge is -2.09. The zero-order valence-electron chi connectivity index (χ0n) is 10.5. The minimum absolute atomic E-state index is 0.0157. The second kappa shape index (κ2) is 5.91. The standard InChI is InChI=1S/C12H11FN4O3/c1-20-12-6-10(9(13)5-11(12)17(18)19)14-7-8-3-2-4-15-16-8/h2-6,14H,7H2,1H3. The SMILES string of the molecule is COc1cc(NCc2cccnn2)c(F)cc1[N+](=O)[O-]. The molecular formula is C12H11FN4O3. The molecule has 20 heavy (non-hydrogen) atoms. The fraction of sp³-hybridized carbons (Fsp3) is 0.167. The molecule has 0 atom stereocenters. The van der Waals surface area contributed by atoms with E-state index in [1.807, 2.05) is 0 Å². The van der Waals surface area contributed by atoms with Gasteiger partial charge in [0.25, 0.3) is 0 Å². The van der Waals surface area contributed by atoms with Crippen LogP contribution in [0.1, 0.15) is 5.69 Å². The second-order valence-corrected chi connectivity index (χ2v) is 3.83. The Morgan fingerprint density at radius 2 is 2.30 bits per heavy atom. The predicted octanol–water partition coefficient (Wildman–Crippen LogP) is 2.14. The van der Waals surface area contributed by atoms with Crippen LogP contribution in [0.4, 0.5) is 15.8 Å². The van der Waals surface area contributed by atoms with Crippen LogP contribution in [0.2, 0.25) is 0 Å². The van der Waals surface area contributed by atoms with E-state index in [1.165, 1.54) is 19.4 Å². The van der Waals surface area contributed by atoms with Crippen molar-refractivity contribution in [3.8, 4) is 5.75 Å². The van der Waals surface area contributed by atoms with Crippen molar-refractivity contribution < 1.29 is 14.1 Å². The summed E-state index contributed by atoms with van der Waals surface area (Å²) in [5.41, 5.74) is 0.289. The first kappa shape index (κ1) is 13.7. The third-order valence-electron chi connectivity index (χ3n) is 2.55. The zero-order chi connectivity index (χ0) is 14.5. The number of nitrogens with one attached hydrogen (secondary N) is 1. The monoisotopic (exact) mass is 278 g/mol. The Kier molecular flexibility index (Phi) is 4.04. The number of ether oxygens (including phenoxy) is 1. The van der Waals surface area contributed by atoms with Crippen LogP contribution in [0.25, 0.3) is 0 Å². The molecule has 0 fully saturated rings. The molecule has 0 unspecified atom stereocenters. The minimum atomic E-state index is -0.735. The third-order valence-corrected chi connectivity index (χ3v) is 2.55. The number of rotatable bonds is 5. The van der Waals surface area contributed by atoms with Crippen LogP contribution >= 0.6 is 0 Å². The average molecular weight is 278 g/mol. The molecule has 104 valence electrons. The van der Waals surface area contributed by atoms with Crippen molar-refractivity contribution >= 4 is 11.4 Å². The molecule has 0 aliphatic carbocycles. The fourth-order valence-electron chi connectivity index (χ4n) is 1.60. The quantitative estimate of drug-likeness (QED) is 0.665. The van der Waals surface area contributed by atoms with Crippen molar-refractivity contribution in [2.75, 3.05) is 12.4 Å². The van der Waals surface area contributed by atoms with Crippen LogP contribution in [0.3, 0.4) is 0 Å². The Morgan fingerprint density at radius 3 is 2.90 bits per heavy atom. The Bertz CT molecular complexity index is 622. The molecule has 0 radical (unpaired) electrons. The Balaban J connectivity index is 2.22. The first-order chi connectivity index (χ1) is 9.61. The molecule has 2 aromatic rings. The highest BCUT2D eigenvalue weighted by Crippen LogP contribution is 2.32. The number of anilines is 1. The summed E-state index contributed by atoms with van der Waals surface area (Å²) in [5, 5.41) is 21.1. The number of nitro benzene ring substituents is 1. The number of nitrogens with zero attached hydrogens (tertiary/aromatic N) is 3. The predicted molar refractivity (Wildman–Crippen MR) is 69.0 cm³/mol. The van der Waals surface area contributed by atoms with Gasteiger partial charge in [-0.3, -0.25) is 10.1 Å². The van der Waals surface area contributed by atoms with Crippen LogP contribution in [0.15, 0.2) is 30.5 Å². The maximum atomic E-state index is 13.8. The van der Waals surface area contributed by atoms with Crippen molar-refractivity contribution in [1.82, 2.24) is 10.2 Å². The number of methoxy groups -OCH3 is 1. The molecule has 0 aliphatic heterocycles. The van der Waals surface area contributed by atoms with Gasteiger partial charge in [-0.1, -0.05) is 0 Å². The summed E-state index contributed by atoms with van der Waals surface area (Å²) in [6.07, 6.45) is 1.53. The van der Waals surface area contributed by atoms with E-state index in [1.54, 1.807) is 12.1 Å². The molecule has 0 saturated carbocycles. The number of hydrogen-bond acceptors (Lipinski definition) is 6. The topological polar surface area (TPSA) is 90.2 Å². The number of nitro groups is 1. The van der Waals surface area contributed by atoms with E-state index in [-0.39, 0.29) is 18.0 Å². The molecule has 0 aliphatic rings. The van der Waals surface area contributed by atoms with Crippen LogP contribution in [0, 0.1) is 15.9 Å². The highest BCUT2D eigenvalue weighted by Gasteiger charge is 2.19. The summed E-state index contributed by atoms with van der Waals surface area (Å²) in [6, 6.07) is 5.49. The first-order valence-electron chi connectivity index (χ1n) is 5.64. The molecule has 8 heteroatoms. The highest BCUT2D eigenvalue weighted by molar-refractivity contribution is 5.59. The van der Waals surface area contributed by atoms with Gasteiger partial charge in [0.1, 0.15) is 0 Å². The smallest absolute Gasteiger partial charge is 0.313 e. The van der Waals surface area contributed by atoms with Crippen molar-refractivity contribution in [3.63, 3.8) is 0 Å². The van der Waals surface area contributed by atoms with E-state index >= 15 is 0 Å². The number of halogens is 1. The van der Waals surface area contributed by atoms with Gasteiger partial charge in [0.2, 0.25) is 0 Å². The maximum Gasteiger partial charge on any atom is 0.313 e. The minimum Gasteiger partial charge on any atom is -0.490 e. The summed E-state index contributed by atoms with van der Waals surface area (Å²) >= 11 is 0. The molecule has 7 nitrogen and oxygen atoms in total. The van der Waals surface area contributed by atoms with Crippen molar-refractivity contribution in [3.05, 3.63) is 52.1 Å². The van der Waals surface area contributed by atoms with Crippen molar-refractivity contribution in [2.24, 2.45) is 0 Å². The molecule has 1 aromatic heterocycles. The average Bonchev–Trinajstić information content (AvgIpc) is 2.46. The number of hydrogen-bond donors (Lipinski definition) is 1. The molecule has 1 aromatic carbocycles. The molecule has 1 N–H and O–H groups in total. The van der Waals surface area contributed by atoms with Gasteiger partial charge in [-0.2, -0.15) is 10.2 Å². The van der Waals surface area contributed by atoms with Gasteiger partial charge in [-0.05, 0) is 12.1 Å². The Labute approximate surface area is 113 Å². The third kappa shape index (κ3) is 2.97. The van der Waals surface area contributed by atoms with E-state index in [0.29, 0.717) is 5.69 Å². The lowest BCUT2D eigenvalue weighted by Crippen LogP contribution is -2.05. The highest BCUT2D eigenvalue weighted by atomic mass is 19.1. The second-order valence-electron chi connectivity index (χ2n) is 3.83. The van der Waals surface area contributed by atoms with E-state index < -0.39 is 16.4 Å². The normalized spacial score (nSPS) is 10.1. The maximum absolute atomic E-state index is 13.8. The fourth-order valence-corrected chi connectivity index (χ4v) is 1.60. The van der Waals surface area contributed by atoms with Gasteiger partial charge in [-0.25, -0.2) is 4.39 Å². The van der Waals surface area contributed by atoms with Gasteiger partial charge in [0.05, 0.1) is 36.0 Å². The first-order valence-corrected chi connectivity index (χ1v) is 5.64. The largest absolute Gasteiger partial charge is 0.490 e. The van der Waals surface area contributed by atoms with E-state index in [2.05, 4.69) is 15.5 Å². The van der Waals surface area contributed by atoms with Crippen molar-refractivity contribution in [2.45, 2.75) is 6.54 Å². The molecule has 1 heterocycles. The summed E-state index contributed by atoms with van der Waals surface area (Å²) in [7, 11) is 1.28. The molecule has 2 rings (SSSR count). The van der Waals surface area contributed by atoms with Gasteiger partial charge in [-0.15, -0.1) is 0 Å². The molecular weight excluding hydrogens is 267 g/mol. The summed E-state index contributed by atoms with van der Waals surface area (Å²) < 4.78 is 18.6. The molecule has 0 spiro atoms. The van der Waals surface area contributed by atoms with Crippen LogP contribution < -0.4 is 10.1 Å². The van der Waals surface area contributed by atoms with Gasteiger partial charge in [0.15, 0.2) is 11.6 Å². The van der Waals surface area contributed by atoms with Crippen molar-refractivity contribution in [1.29, 1.82) is 0 Å². The van der Waals surface area contributed by atoms with Crippen LogP contribution in [-0.2, 0) is 6.54 Å². The Morgan fingerprint density at radius 1 is 1.50 bits per heavy atom. The lowest BCUT2D eigenvalue weighted by molar-refractivity contribution is -0.385. The Hall–Kier alpha value is -2.77.